The Morgan fingerprint density at radius 1 is 0.456 bits per heavy atom. The van der Waals surface area contributed by atoms with E-state index in [9.17, 15) is 15.0 Å². The minimum absolute atomic E-state index is 0.0844. The third kappa shape index (κ3) is 21.6. The molecule has 0 amide bonds. The lowest BCUT2D eigenvalue weighted by Crippen LogP contribution is -2.35. The van der Waals surface area contributed by atoms with Gasteiger partial charge in [0.2, 0.25) is 0 Å². The highest BCUT2D eigenvalue weighted by molar-refractivity contribution is 5.66. The number of carbonyl (C=O) groups excluding carboxylic acids is 1. The van der Waals surface area contributed by atoms with Crippen molar-refractivity contribution in [1.29, 1.82) is 0 Å². The molecule has 5 atom stereocenters. The molecule has 2 fully saturated rings. The van der Waals surface area contributed by atoms with Crippen molar-refractivity contribution in [1.82, 2.24) is 0 Å². The van der Waals surface area contributed by atoms with Crippen molar-refractivity contribution < 1.29 is 19.7 Å². The average molecular weight is 1070 g/mol. The lowest BCUT2D eigenvalue weighted by atomic mass is 9.73. The number of hydrogen-bond donors (Lipinski definition) is 2. The van der Waals surface area contributed by atoms with E-state index in [0.29, 0.717) is 41.4 Å². The summed E-state index contributed by atoms with van der Waals surface area (Å²) in [6, 6.07) is 51.3. The summed E-state index contributed by atoms with van der Waals surface area (Å²) in [5.41, 5.74) is 11.1. The van der Waals surface area contributed by atoms with Gasteiger partial charge in [-0.3, -0.25) is 4.79 Å². The smallest absolute Gasteiger partial charge is 0.303 e. The molecular weight excluding hydrogens is 965 g/mol. The molecular formula is C75H104O4. The van der Waals surface area contributed by atoms with Crippen molar-refractivity contribution in [2.45, 2.75) is 177 Å². The molecule has 5 aromatic rings. The molecule has 0 aromatic heterocycles. The van der Waals surface area contributed by atoms with E-state index in [4.69, 9.17) is 4.74 Å². The van der Waals surface area contributed by atoms with E-state index < -0.39 is 11.7 Å². The first kappa shape index (κ1) is 67.5. The van der Waals surface area contributed by atoms with Gasteiger partial charge < -0.3 is 14.9 Å². The van der Waals surface area contributed by atoms with Crippen LogP contribution in [0.25, 0.3) is 0 Å². The van der Waals surface area contributed by atoms with Crippen LogP contribution in [-0.2, 0) is 9.53 Å². The lowest BCUT2D eigenvalue weighted by molar-refractivity contribution is -0.145. The number of aliphatic hydroxyl groups excluding tert-OH is 1. The highest BCUT2D eigenvalue weighted by atomic mass is 16.5. The molecule has 0 heterocycles. The number of allylic oxidation sites excluding steroid dienone is 2. The molecule has 79 heavy (non-hydrogen) atoms. The topological polar surface area (TPSA) is 66.8 Å². The Bertz CT molecular complexity index is 2540. The van der Waals surface area contributed by atoms with E-state index in [1.54, 1.807) is 0 Å². The van der Waals surface area contributed by atoms with Crippen LogP contribution in [0.15, 0.2) is 212 Å². The number of benzene rings is 5. The van der Waals surface area contributed by atoms with Crippen molar-refractivity contribution >= 4 is 5.97 Å². The largest absolute Gasteiger partial charge is 0.453 e. The van der Waals surface area contributed by atoms with Crippen molar-refractivity contribution in [3.63, 3.8) is 0 Å². The van der Waals surface area contributed by atoms with Gasteiger partial charge in [0.15, 0.2) is 0 Å². The predicted octanol–water partition coefficient (Wildman–Crippen LogP) is 20.5. The minimum atomic E-state index is -0.581. The summed E-state index contributed by atoms with van der Waals surface area (Å²) in [4.78, 5) is 11.1. The molecule has 5 aromatic carbocycles. The molecule has 7 rings (SSSR count). The van der Waals surface area contributed by atoms with Crippen LogP contribution in [-0.4, -0.2) is 21.8 Å². The van der Waals surface area contributed by atoms with Crippen LogP contribution in [0.2, 0.25) is 0 Å². The van der Waals surface area contributed by atoms with Gasteiger partial charge in [-0.2, -0.15) is 0 Å². The second-order valence-corrected chi connectivity index (χ2v) is 24.1. The van der Waals surface area contributed by atoms with Gasteiger partial charge in [0, 0.05) is 24.7 Å². The van der Waals surface area contributed by atoms with Gasteiger partial charge >= 0.3 is 5.97 Å². The minimum Gasteiger partial charge on any atom is -0.453 e. The summed E-state index contributed by atoms with van der Waals surface area (Å²) in [6.07, 6.45) is 8.77. The van der Waals surface area contributed by atoms with E-state index in [2.05, 4.69) is 161 Å². The molecule has 2 saturated carbocycles. The van der Waals surface area contributed by atoms with E-state index in [0.717, 1.165) is 59.4 Å². The third-order valence-electron chi connectivity index (χ3n) is 16.1. The molecule has 0 radical (unpaired) electrons. The van der Waals surface area contributed by atoms with Crippen molar-refractivity contribution in [2.75, 3.05) is 0 Å². The average Bonchev–Trinajstić information content (AvgIpc) is 4.15. The highest BCUT2D eigenvalue weighted by Gasteiger charge is 2.42. The fourth-order valence-electron chi connectivity index (χ4n) is 10.9. The first-order valence-corrected chi connectivity index (χ1v) is 29.7. The Labute approximate surface area is 482 Å². The summed E-state index contributed by atoms with van der Waals surface area (Å²) in [6.45, 7) is 48.2. The molecule has 0 spiro atoms. The van der Waals surface area contributed by atoms with Gasteiger partial charge in [0.25, 0.3) is 0 Å². The quantitative estimate of drug-likeness (QED) is 0.0639. The Morgan fingerprint density at radius 3 is 1.18 bits per heavy atom. The second kappa shape index (κ2) is 34.4. The molecule has 428 valence electrons. The molecule has 2 aliphatic carbocycles. The van der Waals surface area contributed by atoms with Crippen molar-refractivity contribution in [2.24, 2.45) is 41.4 Å². The fraction of sp³-hybridized carbons (Fsp3) is 0.453. The van der Waals surface area contributed by atoms with Gasteiger partial charge in [-0.1, -0.05) is 310 Å². The van der Waals surface area contributed by atoms with E-state index in [1.807, 2.05) is 107 Å². The summed E-state index contributed by atoms with van der Waals surface area (Å²) < 4.78 is 5.32. The zero-order valence-corrected chi connectivity index (χ0v) is 51.3. The standard InChI is InChI=1S/C17H24O.C17H24.C15H22.C14H18O2.C12H16O/c1-13(2)14(3)16(15-9-5-4-6-10-15)17(18)11-7-8-12-17;1-13(2)14(3)17(16-11-7-8-12-16)15-9-5-4-6-10-15;1-11(2)13(5)15(12(3)4)14-9-7-6-8-10-14;1-10(2)11(3)14(16-12(4)15)13-8-6-5-7-9-13;1-9(2)10(3)12(13)11-7-5-4-6-8-11/h4-6,9-10,13,16,18H,3,7-8,11-12H2,1-2H3;4-6,9-10,13,16-17H,3,7-8,11-12H2,1-2H3;6-12,15H,5H2,1-4H3;5-10,14H,3H2,1-2,4H3;4-9,12-13H,3H2,1-2H3. The van der Waals surface area contributed by atoms with Crippen molar-refractivity contribution in [3.8, 4) is 0 Å². The number of aliphatic hydroxyl groups is 2. The molecule has 5 unspecified atom stereocenters. The zero-order valence-electron chi connectivity index (χ0n) is 51.3. The van der Waals surface area contributed by atoms with Crippen LogP contribution in [0.3, 0.4) is 0 Å². The Hall–Kier alpha value is -5.81. The zero-order chi connectivity index (χ0) is 58.8. The van der Waals surface area contributed by atoms with Crippen LogP contribution in [0.5, 0.6) is 0 Å². The molecule has 2 aliphatic rings. The maximum atomic E-state index is 11.1. The number of rotatable bonds is 19. The normalized spacial score (nSPS) is 15.7. The monoisotopic (exact) mass is 1070 g/mol. The van der Waals surface area contributed by atoms with E-state index in [1.165, 1.54) is 60.4 Å². The molecule has 2 N–H and O–H groups in total. The molecule has 0 bridgehead atoms. The molecule has 4 heteroatoms. The number of hydrogen-bond acceptors (Lipinski definition) is 4. The van der Waals surface area contributed by atoms with Gasteiger partial charge in [0.05, 0.1) is 5.60 Å². The fourth-order valence-corrected chi connectivity index (χ4v) is 10.9. The highest BCUT2D eigenvalue weighted by Crippen LogP contribution is 2.47. The molecule has 0 saturated heterocycles. The van der Waals surface area contributed by atoms with Gasteiger partial charge in [-0.15, -0.1) is 0 Å². The van der Waals surface area contributed by atoms with Crippen LogP contribution < -0.4 is 0 Å². The Kier molecular flexibility index (Phi) is 29.3. The maximum absolute atomic E-state index is 11.1. The third-order valence-corrected chi connectivity index (χ3v) is 16.1. The van der Waals surface area contributed by atoms with E-state index >= 15 is 0 Å². The summed E-state index contributed by atoms with van der Waals surface area (Å²) in [5.74, 6) is 4.45. The predicted molar refractivity (Wildman–Crippen MR) is 340 cm³/mol. The summed E-state index contributed by atoms with van der Waals surface area (Å²) >= 11 is 0. The first-order valence-electron chi connectivity index (χ1n) is 29.7. The Morgan fingerprint density at radius 2 is 0.810 bits per heavy atom. The van der Waals surface area contributed by atoms with Crippen LogP contribution >= 0.6 is 0 Å². The van der Waals surface area contributed by atoms with Gasteiger partial charge in [-0.05, 0) is 106 Å². The number of ether oxygens (including phenoxy) is 1. The SMILES string of the molecule is C=C(C(C)C)C(O)c1ccccc1.C=C(C(C)C)C(OC(C)=O)c1ccccc1.C=C(C(C)C)C(c1ccccc1)C(C)C.C=C(C(C)C)C(c1ccccc1)C1(O)CCCC1.C=C(C(C)C)C(c1ccccc1)C1CCCC1. The Balaban J connectivity index is 0.000000261. The molecule has 4 nitrogen and oxygen atoms in total. The maximum Gasteiger partial charge on any atom is 0.303 e. The lowest BCUT2D eigenvalue weighted by Gasteiger charge is -2.36. The second-order valence-electron chi connectivity index (χ2n) is 24.1. The number of carbonyl (C=O) groups is 1. The first-order chi connectivity index (χ1) is 37.4. The van der Waals surface area contributed by atoms with Crippen LogP contribution in [0.4, 0.5) is 0 Å². The molecule has 0 aliphatic heterocycles. The van der Waals surface area contributed by atoms with E-state index in [-0.39, 0.29) is 23.9 Å². The van der Waals surface area contributed by atoms with Gasteiger partial charge in [-0.25, -0.2) is 0 Å². The summed E-state index contributed by atoms with van der Waals surface area (Å²) in [7, 11) is 0. The van der Waals surface area contributed by atoms with Crippen LogP contribution in [0.1, 0.15) is 199 Å². The number of esters is 1. The van der Waals surface area contributed by atoms with Crippen molar-refractivity contribution in [3.05, 3.63) is 240 Å². The summed E-state index contributed by atoms with van der Waals surface area (Å²) in [5, 5.41) is 20.8. The van der Waals surface area contributed by atoms with Gasteiger partial charge in [0.1, 0.15) is 12.2 Å². The van der Waals surface area contributed by atoms with Crippen LogP contribution in [0, 0.1) is 41.4 Å².